The molecule has 4 heteroatoms. The third kappa shape index (κ3) is 1.82. The standard InChI is InChI=1S/C18H18N2O2/c1-12-14-9-10-20(3)17(22)18(14,11-15(19-2)16(12)21)13-7-5-4-6-8-13/h4-8,11-12,14H,9-10H2,1,3H3/t12-,14-,18+/m0/s1. The molecule has 3 atom stereocenters. The molecule has 1 aliphatic heterocycles. The number of hydrogen-bond acceptors (Lipinski definition) is 2. The first kappa shape index (κ1) is 14.5. The zero-order valence-corrected chi connectivity index (χ0v) is 12.7. The number of rotatable bonds is 1. The number of likely N-dealkylation sites (tertiary alicyclic amines) is 1. The van der Waals surface area contributed by atoms with Crippen molar-refractivity contribution in [1.82, 2.24) is 4.90 Å². The molecule has 1 saturated heterocycles. The molecule has 0 bridgehead atoms. The molecule has 1 heterocycles. The topological polar surface area (TPSA) is 41.7 Å². The van der Waals surface area contributed by atoms with E-state index in [-0.39, 0.29) is 29.2 Å². The second-order valence-electron chi connectivity index (χ2n) is 6.15. The van der Waals surface area contributed by atoms with Crippen LogP contribution in [-0.4, -0.2) is 30.2 Å². The Bertz CT molecular complexity index is 702. The van der Waals surface area contributed by atoms with E-state index in [2.05, 4.69) is 4.85 Å². The van der Waals surface area contributed by atoms with Gasteiger partial charge in [0.25, 0.3) is 0 Å². The quantitative estimate of drug-likeness (QED) is 0.746. The van der Waals surface area contributed by atoms with Crippen molar-refractivity contribution in [3.63, 3.8) is 0 Å². The van der Waals surface area contributed by atoms with Crippen LogP contribution in [0.5, 0.6) is 0 Å². The number of carbonyl (C=O) groups is 2. The van der Waals surface area contributed by atoms with Crippen molar-refractivity contribution in [1.29, 1.82) is 0 Å². The van der Waals surface area contributed by atoms with Crippen LogP contribution < -0.4 is 0 Å². The Morgan fingerprint density at radius 1 is 1.27 bits per heavy atom. The van der Waals surface area contributed by atoms with Gasteiger partial charge in [-0.1, -0.05) is 43.3 Å². The van der Waals surface area contributed by atoms with Crippen molar-refractivity contribution >= 4 is 11.7 Å². The van der Waals surface area contributed by atoms with Gasteiger partial charge in [-0.05, 0) is 17.9 Å². The van der Waals surface area contributed by atoms with Crippen LogP contribution >= 0.6 is 0 Å². The van der Waals surface area contributed by atoms with Crippen LogP contribution in [0.2, 0.25) is 0 Å². The summed E-state index contributed by atoms with van der Waals surface area (Å²) in [5.74, 6) is -0.553. The van der Waals surface area contributed by atoms with Crippen LogP contribution in [0, 0.1) is 18.4 Å². The molecule has 1 aliphatic carbocycles. The minimum Gasteiger partial charge on any atom is -0.345 e. The fraction of sp³-hybridized carbons (Fsp3) is 0.389. The van der Waals surface area contributed by atoms with Gasteiger partial charge in [0, 0.05) is 19.5 Å². The van der Waals surface area contributed by atoms with Gasteiger partial charge in [-0.2, -0.15) is 0 Å². The highest BCUT2D eigenvalue weighted by Crippen LogP contribution is 2.48. The molecule has 3 rings (SSSR count). The van der Waals surface area contributed by atoms with Crippen LogP contribution in [-0.2, 0) is 15.0 Å². The van der Waals surface area contributed by atoms with E-state index >= 15 is 0 Å². The number of piperidine rings is 1. The largest absolute Gasteiger partial charge is 0.345 e. The van der Waals surface area contributed by atoms with E-state index in [1.807, 2.05) is 37.3 Å². The maximum absolute atomic E-state index is 13.1. The predicted molar refractivity (Wildman–Crippen MR) is 82.7 cm³/mol. The summed E-state index contributed by atoms with van der Waals surface area (Å²) < 4.78 is 0. The highest BCUT2D eigenvalue weighted by Gasteiger charge is 2.55. The minimum absolute atomic E-state index is 0.0181. The smallest absolute Gasteiger partial charge is 0.235 e. The maximum Gasteiger partial charge on any atom is 0.235 e. The van der Waals surface area contributed by atoms with Gasteiger partial charge in [-0.25, -0.2) is 4.85 Å². The lowest BCUT2D eigenvalue weighted by Crippen LogP contribution is -2.58. The van der Waals surface area contributed by atoms with Gasteiger partial charge in [-0.3, -0.25) is 4.79 Å². The lowest BCUT2D eigenvalue weighted by atomic mass is 9.58. The van der Waals surface area contributed by atoms with E-state index in [1.165, 1.54) is 0 Å². The van der Waals surface area contributed by atoms with Crippen molar-refractivity contribution in [3.8, 4) is 0 Å². The molecule has 1 fully saturated rings. The highest BCUT2D eigenvalue weighted by molar-refractivity contribution is 6.04. The third-order valence-electron chi connectivity index (χ3n) is 5.07. The van der Waals surface area contributed by atoms with E-state index in [4.69, 9.17) is 6.57 Å². The van der Waals surface area contributed by atoms with Crippen LogP contribution in [0.15, 0.2) is 42.1 Å². The van der Waals surface area contributed by atoms with Crippen molar-refractivity contribution in [2.45, 2.75) is 18.8 Å². The molecule has 0 radical (unpaired) electrons. The molecule has 22 heavy (non-hydrogen) atoms. The minimum atomic E-state index is -0.887. The van der Waals surface area contributed by atoms with E-state index in [9.17, 15) is 9.59 Å². The first-order valence-electron chi connectivity index (χ1n) is 7.48. The molecule has 0 aromatic heterocycles. The SMILES string of the molecule is [C-]#[N+]C1=C[C@]2(c3ccccc3)C(=O)N(C)CC[C@H]2[C@H](C)C1=O. The Morgan fingerprint density at radius 3 is 2.59 bits per heavy atom. The molecule has 2 aliphatic rings. The van der Waals surface area contributed by atoms with Crippen molar-refractivity contribution in [2.24, 2.45) is 11.8 Å². The summed E-state index contributed by atoms with van der Waals surface area (Å²) in [7, 11) is 1.79. The molecule has 0 spiro atoms. The molecular formula is C18H18N2O2. The Labute approximate surface area is 130 Å². The summed E-state index contributed by atoms with van der Waals surface area (Å²) in [4.78, 5) is 30.5. The van der Waals surface area contributed by atoms with Crippen LogP contribution in [0.1, 0.15) is 18.9 Å². The number of carbonyl (C=O) groups excluding carboxylic acids is 2. The molecule has 1 amide bonds. The van der Waals surface area contributed by atoms with Gasteiger partial charge in [0.15, 0.2) is 5.78 Å². The average Bonchev–Trinajstić information content (AvgIpc) is 2.55. The number of allylic oxidation sites excluding steroid dienone is 1. The molecule has 1 aromatic rings. The number of hydrogen-bond donors (Lipinski definition) is 0. The summed E-state index contributed by atoms with van der Waals surface area (Å²) in [6.07, 6.45) is 2.39. The number of fused-ring (bicyclic) bond motifs is 1. The number of nitrogens with zero attached hydrogens (tertiary/aromatic N) is 2. The summed E-state index contributed by atoms with van der Waals surface area (Å²) in [6.45, 7) is 9.80. The molecule has 112 valence electrons. The summed E-state index contributed by atoms with van der Waals surface area (Å²) in [6, 6.07) is 9.54. The molecule has 0 N–H and O–H groups in total. The van der Waals surface area contributed by atoms with Gasteiger partial charge >= 0.3 is 0 Å². The van der Waals surface area contributed by atoms with Crippen LogP contribution in [0.4, 0.5) is 0 Å². The number of benzene rings is 1. The normalized spacial score (nSPS) is 31.3. The fourth-order valence-electron chi connectivity index (χ4n) is 3.87. The number of Topliss-reactive ketones (excluding diaryl/α,β-unsaturated/α-hetero) is 1. The number of likely N-dealkylation sites (N-methyl/N-ethyl adjacent to an activating group) is 1. The molecule has 4 nitrogen and oxygen atoms in total. The van der Waals surface area contributed by atoms with Crippen molar-refractivity contribution in [2.75, 3.05) is 13.6 Å². The first-order chi connectivity index (χ1) is 10.5. The first-order valence-corrected chi connectivity index (χ1v) is 7.48. The molecular weight excluding hydrogens is 276 g/mol. The predicted octanol–water partition coefficient (Wildman–Crippen LogP) is 2.42. The van der Waals surface area contributed by atoms with Gasteiger partial charge in [0.2, 0.25) is 11.6 Å². The van der Waals surface area contributed by atoms with Gasteiger partial charge in [0.1, 0.15) is 0 Å². The Hall–Kier alpha value is -2.41. The monoisotopic (exact) mass is 294 g/mol. The lowest BCUT2D eigenvalue weighted by Gasteiger charge is -2.49. The van der Waals surface area contributed by atoms with E-state index in [0.29, 0.717) is 6.54 Å². The maximum atomic E-state index is 13.1. The highest BCUT2D eigenvalue weighted by atomic mass is 16.2. The van der Waals surface area contributed by atoms with Crippen molar-refractivity contribution in [3.05, 3.63) is 59.1 Å². The molecule has 0 saturated carbocycles. The van der Waals surface area contributed by atoms with Gasteiger partial charge in [0.05, 0.1) is 12.0 Å². The molecule has 1 aromatic carbocycles. The second-order valence-corrected chi connectivity index (χ2v) is 6.15. The zero-order chi connectivity index (χ0) is 15.9. The summed E-state index contributed by atoms with van der Waals surface area (Å²) in [5, 5.41) is 0. The van der Waals surface area contributed by atoms with Gasteiger partial charge in [-0.15, -0.1) is 0 Å². The Balaban J connectivity index is 2.30. The molecule has 0 unspecified atom stereocenters. The van der Waals surface area contributed by atoms with Crippen LogP contribution in [0.3, 0.4) is 0 Å². The third-order valence-corrected chi connectivity index (χ3v) is 5.07. The number of ketones is 1. The van der Waals surface area contributed by atoms with Crippen molar-refractivity contribution < 1.29 is 9.59 Å². The van der Waals surface area contributed by atoms with E-state index < -0.39 is 5.41 Å². The summed E-state index contributed by atoms with van der Waals surface area (Å²) in [5.41, 5.74) is 0.0786. The van der Waals surface area contributed by atoms with Gasteiger partial charge < -0.3 is 9.69 Å². The summed E-state index contributed by atoms with van der Waals surface area (Å²) >= 11 is 0. The van der Waals surface area contributed by atoms with Crippen LogP contribution in [0.25, 0.3) is 4.85 Å². The second kappa shape index (κ2) is 5.10. The average molecular weight is 294 g/mol. The number of amides is 1. The van der Waals surface area contributed by atoms with E-state index in [0.717, 1.165) is 12.0 Å². The zero-order valence-electron chi connectivity index (χ0n) is 12.7. The fourth-order valence-corrected chi connectivity index (χ4v) is 3.87. The Kier molecular flexibility index (Phi) is 3.37. The Morgan fingerprint density at radius 2 is 1.95 bits per heavy atom. The van der Waals surface area contributed by atoms with E-state index in [1.54, 1.807) is 18.0 Å². The lowest BCUT2D eigenvalue weighted by molar-refractivity contribution is -0.143.